The quantitative estimate of drug-likeness (QED) is 0.844. The first kappa shape index (κ1) is 14.3. The molecule has 1 aromatic carbocycles. The van der Waals surface area contributed by atoms with Crippen LogP contribution in [0.15, 0.2) is 10.5 Å². The summed E-state index contributed by atoms with van der Waals surface area (Å²) >= 11 is 3.42. The van der Waals surface area contributed by atoms with Crippen molar-refractivity contribution in [3.8, 4) is 11.5 Å². The number of methoxy groups -OCH3 is 2. The second-order valence-corrected chi connectivity index (χ2v) is 5.47. The van der Waals surface area contributed by atoms with Gasteiger partial charge in [0.2, 0.25) is 0 Å². The molecule has 1 aliphatic heterocycles. The van der Waals surface area contributed by atoms with E-state index in [1.807, 2.05) is 6.07 Å². The van der Waals surface area contributed by atoms with Crippen molar-refractivity contribution in [3.05, 3.63) is 21.7 Å². The van der Waals surface area contributed by atoms with Crippen molar-refractivity contribution in [1.82, 2.24) is 5.32 Å². The molecule has 0 aromatic heterocycles. The Morgan fingerprint density at radius 2 is 2.16 bits per heavy atom. The van der Waals surface area contributed by atoms with Crippen molar-refractivity contribution >= 4 is 22.2 Å². The SMILES string of the molecule is COc1c(CC2CCCN2)cc(Br)c(C=O)c1OC. The molecule has 1 aromatic rings. The summed E-state index contributed by atoms with van der Waals surface area (Å²) in [5, 5.41) is 3.46. The predicted octanol–water partition coefficient (Wildman–Crippen LogP) is 2.57. The minimum absolute atomic E-state index is 0.465. The minimum atomic E-state index is 0.465. The molecule has 0 bridgehead atoms. The van der Waals surface area contributed by atoms with Gasteiger partial charge in [-0.15, -0.1) is 0 Å². The fraction of sp³-hybridized carbons (Fsp3) is 0.500. The summed E-state index contributed by atoms with van der Waals surface area (Å²) < 4.78 is 11.5. The van der Waals surface area contributed by atoms with E-state index in [1.54, 1.807) is 14.2 Å². The van der Waals surface area contributed by atoms with Gasteiger partial charge in [0.05, 0.1) is 19.8 Å². The smallest absolute Gasteiger partial charge is 0.172 e. The molecule has 0 spiro atoms. The van der Waals surface area contributed by atoms with Crippen molar-refractivity contribution in [2.45, 2.75) is 25.3 Å². The van der Waals surface area contributed by atoms with E-state index in [0.717, 1.165) is 29.3 Å². The number of benzene rings is 1. The standard InChI is InChI=1S/C14H18BrNO3/c1-18-13-9(6-10-4-3-5-16-10)7-12(15)11(8-17)14(13)19-2/h7-8,10,16H,3-6H2,1-2H3. The molecule has 1 aliphatic rings. The van der Waals surface area contributed by atoms with Gasteiger partial charge in [0.25, 0.3) is 0 Å². The van der Waals surface area contributed by atoms with Crippen molar-refractivity contribution < 1.29 is 14.3 Å². The first-order valence-corrected chi connectivity index (χ1v) is 7.12. The highest BCUT2D eigenvalue weighted by molar-refractivity contribution is 9.10. The van der Waals surface area contributed by atoms with E-state index in [1.165, 1.54) is 12.8 Å². The lowest BCUT2D eigenvalue weighted by molar-refractivity contribution is 0.111. The molecule has 19 heavy (non-hydrogen) atoms. The first-order valence-electron chi connectivity index (χ1n) is 6.33. The molecule has 1 saturated heterocycles. The summed E-state index contributed by atoms with van der Waals surface area (Å²) in [6.07, 6.45) is 4.02. The molecular weight excluding hydrogens is 310 g/mol. The molecular formula is C14H18BrNO3. The molecule has 1 N–H and O–H groups in total. The van der Waals surface area contributed by atoms with Crippen molar-refractivity contribution in [2.75, 3.05) is 20.8 Å². The predicted molar refractivity (Wildman–Crippen MR) is 77.4 cm³/mol. The molecule has 104 valence electrons. The van der Waals surface area contributed by atoms with E-state index in [-0.39, 0.29) is 0 Å². The van der Waals surface area contributed by atoms with Crippen LogP contribution in [0.4, 0.5) is 0 Å². The molecule has 0 saturated carbocycles. The summed E-state index contributed by atoms with van der Waals surface area (Å²) in [6, 6.07) is 2.41. The van der Waals surface area contributed by atoms with Gasteiger partial charge < -0.3 is 14.8 Å². The van der Waals surface area contributed by atoms with Crippen LogP contribution in [0.1, 0.15) is 28.8 Å². The number of rotatable bonds is 5. The number of carbonyl (C=O) groups excluding carboxylic acids is 1. The van der Waals surface area contributed by atoms with Gasteiger partial charge >= 0.3 is 0 Å². The molecule has 5 heteroatoms. The molecule has 1 fully saturated rings. The van der Waals surface area contributed by atoms with Crippen LogP contribution < -0.4 is 14.8 Å². The molecule has 1 heterocycles. The van der Waals surface area contributed by atoms with Crippen molar-refractivity contribution in [2.24, 2.45) is 0 Å². The maximum atomic E-state index is 11.2. The van der Waals surface area contributed by atoms with Crippen LogP contribution in [0.25, 0.3) is 0 Å². The van der Waals surface area contributed by atoms with Crippen LogP contribution in [0, 0.1) is 0 Å². The fourth-order valence-electron chi connectivity index (χ4n) is 2.56. The van der Waals surface area contributed by atoms with E-state index in [0.29, 0.717) is 23.1 Å². The zero-order valence-electron chi connectivity index (χ0n) is 11.2. The molecule has 4 nitrogen and oxygen atoms in total. The minimum Gasteiger partial charge on any atom is -0.493 e. The van der Waals surface area contributed by atoms with Gasteiger partial charge in [-0.05, 0) is 47.8 Å². The third kappa shape index (κ3) is 2.92. The lowest BCUT2D eigenvalue weighted by atomic mass is 10.0. The van der Waals surface area contributed by atoms with E-state index in [2.05, 4.69) is 21.2 Å². The van der Waals surface area contributed by atoms with Crippen LogP contribution >= 0.6 is 15.9 Å². The Morgan fingerprint density at radius 1 is 1.42 bits per heavy atom. The Balaban J connectivity index is 2.41. The molecule has 1 unspecified atom stereocenters. The lowest BCUT2D eigenvalue weighted by Crippen LogP contribution is -2.24. The Kier molecular flexibility index (Phi) is 4.82. The Labute approximate surface area is 121 Å². The van der Waals surface area contributed by atoms with Crippen LogP contribution in [0.2, 0.25) is 0 Å². The number of ether oxygens (including phenoxy) is 2. The summed E-state index contributed by atoms with van der Waals surface area (Å²) in [5.74, 6) is 1.15. The van der Waals surface area contributed by atoms with Gasteiger partial charge in [-0.3, -0.25) is 4.79 Å². The summed E-state index contributed by atoms with van der Waals surface area (Å²) in [5.41, 5.74) is 1.54. The van der Waals surface area contributed by atoms with Crippen LogP contribution in [0.5, 0.6) is 11.5 Å². The third-order valence-corrected chi connectivity index (χ3v) is 4.11. The number of nitrogens with one attached hydrogen (secondary N) is 1. The molecule has 0 aliphatic carbocycles. The highest BCUT2D eigenvalue weighted by Gasteiger charge is 2.22. The van der Waals surface area contributed by atoms with Crippen molar-refractivity contribution in [1.29, 1.82) is 0 Å². The number of halogens is 1. The average molecular weight is 328 g/mol. The monoisotopic (exact) mass is 327 g/mol. The largest absolute Gasteiger partial charge is 0.493 e. The van der Waals surface area contributed by atoms with Crippen molar-refractivity contribution in [3.63, 3.8) is 0 Å². The molecule has 0 radical (unpaired) electrons. The summed E-state index contributed by atoms with van der Waals surface area (Å²) in [7, 11) is 3.15. The van der Waals surface area contributed by atoms with Gasteiger partial charge in [0.15, 0.2) is 17.8 Å². The fourth-order valence-corrected chi connectivity index (χ4v) is 3.11. The highest BCUT2D eigenvalue weighted by Crippen LogP contribution is 2.39. The van der Waals surface area contributed by atoms with Gasteiger partial charge in [0.1, 0.15) is 0 Å². The average Bonchev–Trinajstić information content (AvgIpc) is 2.90. The number of carbonyl (C=O) groups is 1. The molecule has 1 atom stereocenters. The normalized spacial score (nSPS) is 18.4. The molecule has 0 amide bonds. The van der Waals surface area contributed by atoms with Gasteiger partial charge in [-0.25, -0.2) is 0 Å². The number of aldehydes is 1. The van der Waals surface area contributed by atoms with Crippen LogP contribution in [-0.2, 0) is 6.42 Å². The van der Waals surface area contributed by atoms with E-state index < -0.39 is 0 Å². The van der Waals surface area contributed by atoms with Gasteiger partial charge in [-0.2, -0.15) is 0 Å². The maximum absolute atomic E-state index is 11.2. The zero-order chi connectivity index (χ0) is 13.8. The Morgan fingerprint density at radius 3 is 2.68 bits per heavy atom. The Bertz CT molecular complexity index is 470. The van der Waals surface area contributed by atoms with Gasteiger partial charge in [0, 0.05) is 16.1 Å². The third-order valence-electron chi connectivity index (χ3n) is 3.46. The summed E-state index contributed by atoms with van der Waals surface area (Å²) in [6.45, 7) is 1.07. The summed E-state index contributed by atoms with van der Waals surface area (Å²) in [4.78, 5) is 11.2. The zero-order valence-corrected chi connectivity index (χ0v) is 12.7. The topological polar surface area (TPSA) is 47.6 Å². The molecule has 2 rings (SSSR count). The van der Waals surface area contributed by atoms with E-state index >= 15 is 0 Å². The van der Waals surface area contributed by atoms with Gasteiger partial charge in [-0.1, -0.05) is 0 Å². The number of hydrogen-bond acceptors (Lipinski definition) is 4. The van der Waals surface area contributed by atoms with E-state index in [9.17, 15) is 4.79 Å². The van der Waals surface area contributed by atoms with Crippen LogP contribution in [0.3, 0.4) is 0 Å². The second kappa shape index (κ2) is 6.39. The number of hydrogen-bond donors (Lipinski definition) is 1. The first-order chi connectivity index (χ1) is 9.21. The highest BCUT2D eigenvalue weighted by atomic mass is 79.9. The second-order valence-electron chi connectivity index (χ2n) is 4.61. The van der Waals surface area contributed by atoms with E-state index in [4.69, 9.17) is 9.47 Å². The maximum Gasteiger partial charge on any atom is 0.172 e. The van der Waals surface area contributed by atoms with Crippen LogP contribution in [-0.4, -0.2) is 33.1 Å². The lowest BCUT2D eigenvalue weighted by Gasteiger charge is -2.18. The Hall–Kier alpha value is -1.07.